The normalized spacial score (nSPS) is 10.1. The van der Waals surface area contributed by atoms with Crippen molar-refractivity contribution in [3.63, 3.8) is 0 Å². The lowest BCUT2D eigenvalue weighted by Gasteiger charge is -2.05. The van der Waals surface area contributed by atoms with Crippen molar-refractivity contribution in [1.82, 2.24) is 5.32 Å². The highest BCUT2D eigenvalue weighted by Crippen LogP contribution is 2.03. The van der Waals surface area contributed by atoms with E-state index in [0.29, 0.717) is 19.4 Å². The predicted octanol–water partition coefficient (Wildman–Crippen LogP) is 2.24. The van der Waals surface area contributed by atoms with Crippen molar-refractivity contribution in [3.05, 3.63) is 35.6 Å². The standard InChI is InChI=1S/C14H18FNO2/c1-2-4-13(17)10-14(18)16-8-7-11-5-3-6-12(15)9-11/h3,5-6,9H,2,4,7-8,10H2,1H3,(H,16,18). The summed E-state index contributed by atoms with van der Waals surface area (Å²) in [4.78, 5) is 22.6. The van der Waals surface area contributed by atoms with E-state index in [1.165, 1.54) is 12.1 Å². The van der Waals surface area contributed by atoms with Gasteiger partial charge in [-0.3, -0.25) is 9.59 Å². The first-order valence-electron chi connectivity index (χ1n) is 6.14. The first kappa shape index (κ1) is 14.4. The minimum absolute atomic E-state index is 0.0410. The first-order chi connectivity index (χ1) is 8.61. The lowest BCUT2D eigenvalue weighted by Crippen LogP contribution is -2.27. The van der Waals surface area contributed by atoms with E-state index in [1.807, 2.05) is 6.92 Å². The van der Waals surface area contributed by atoms with Crippen molar-refractivity contribution < 1.29 is 14.0 Å². The summed E-state index contributed by atoms with van der Waals surface area (Å²) in [6.45, 7) is 2.32. The number of benzene rings is 1. The molecule has 0 radical (unpaired) electrons. The molecule has 1 rings (SSSR count). The predicted molar refractivity (Wildman–Crippen MR) is 67.6 cm³/mol. The van der Waals surface area contributed by atoms with Gasteiger partial charge in [0.1, 0.15) is 11.6 Å². The van der Waals surface area contributed by atoms with Gasteiger partial charge in [-0.05, 0) is 30.5 Å². The van der Waals surface area contributed by atoms with Gasteiger partial charge in [0.2, 0.25) is 5.91 Å². The van der Waals surface area contributed by atoms with Gasteiger partial charge in [0, 0.05) is 13.0 Å². The summed E-state index contributed by atoms with van der Waals surface area (Å²) in [5.41, 5.74) is 0.829. The van der Waals surface area contributed by atoms with Gasteiger partial charge in [0.15, 0.2) is 0 Å². The molecule has 0 aromatic heterocycles. The number of amides is 1. The zero-order valence-electron chi connectivity index (χ0n) is 10.5. The second kappa shape index (κ2) is 7.58. The van der Waals surface area contributed by atoms with E-state index >= 15 is 0 Å². The molecule has 3 nitrogen and oxygen atoms in total. The highest BCUT2D eigenvalue weighted by molar-refractivity contribution is 5.97. The van der Waals surface area contributed by atoms with Crippen LogP contribution >= 0.6 is 0 Å². The quantitative estimate of drug-likeness (QED) is 0.755. The third-order valence-electron chi connectivity index (χ3n) is 2.51. The van der Waals surface area contributed by atoms with Gasteiger partial charge in [-0.2, -0.15) is 0 Å². The van der Waals surface area contributed by atoms with Crippen molar-refractivity contribution in [2.45, 2.75) is 32.6 Å². The summed E-state index contributed by atoms with van der Waals surface area (Å²) in [5.74, 6) is -0.581. The fraction of sp³-hybridized carbons (Fsp3) is 0.429. The Labute approximate surface area is 106 Å². The van der Waals surface area contributed by atoms with E-state index in [1.54, 1.807) is 12.1 Å². The second-order valence-corrected chi connectivity index (χ2v) is 4.20. The van der Waals surface area contributed by atoms with Crippen LogP contribution in [0.1, 0.15) is 31.7 Å². The van der Waals surface area contributed by atoms with Crippen LogP contribution in [-0.4, -0.2) is 18.2 Å². The number of halogens is 1. The highest BCUT2D eigenvalue weighted by atomic mass is 19.1. The number of carbonyl (C=O) groups excluding carboxylic acids is 2. The summed E-state index contributed by atoms with van der Waals surface area (Å²) in [7, 11) is 0. The number of hydrogen-bond donors (Lipinski definition) is 1. The van der Waals surface area contributed by atoms with Crippen LogP contribution in [0.3, 0.4) is 0 Å². The SMILES string of the molecule is CCCC(=O)CC(=O)NCCc1cccc(F)c1. The van der Waals surface area contributed by atoms with E-state index in [9.17, 15) is 14.0 Å². The number of carbonyl (C=O) groups is 2. The molecule has 0 fully saturated rings. The Balaban J connectivity index is 2.25. The average molecular weight is 251 g/mol. The van der Waals surface area contributed by atoms with Crippen LogP contribution < -0.4 is 5.32 Å². The number of nitrogens with one attached hydrogen (secondary N) is 1. The number of ketones is 1. The van der Waals surface area contributed by atoms with Gasteiger partial charge in [-0.15, -0.1) is 0 Å². The van der Waals surface area contributed by atoms with E-state index in [0.717, 1.165) is 12.0 Å². The van der Waals surface area contributed by atoms with Crippen LogP contribution in [-0.2, 0) is 16.0 Å². The number of rotatable bonds is 7. The molecule has 0 unspecified atom stereocenters. The minimum Gasteiger partial charge on any atom is -0.355 e. The molecule has 1 amide bonds. The van der Waals surface area contributed by atoms with Crippen LogP contribution in [0.2, 0.25) is 0 Å². The van der Waals surface area contributed by atoms with E-state index in [2.05, 4.69) is 5.32 Å². The zero-order valence-corrected chi connectivity index (χ0v) is 10.5. The zero-order chi connectivity index (χ0) is 13.4. The topological polar surface area (TPSA) is 46.2 Å². The third kappa shape index (κ3) is 5.57. The van der Waals surface area contributed by atoms with Crippen molar-refractivity contribution >= 4 is 11.7 Å². The Morgan fingerprint density at radius 3 is 2.78 bits per heavy atom. The van der Waals surface area contributed by atoms with E-state index < -0.39 is 0 Å². The molecule has 18 heavy (non-hydrogen) atoms. The largest absolute Gasteiger partial charge is 0.355 e. The highest BCUT2D eigenvalue weighted by Gasteiger charge is 2.07. The van der Waals surface area contributed by atoms with E-state index in [-0.39, 0.29) is 23.9 Å². The average Bonchev–Trinajstić information content (AvgIpc) is 2.29. The van der Waals surface area contributed by atoms with Gasteiger partial charge in [0.25, 0.3) is 0 Å². The fourth-order valence-corrected chi connectivity index (χ4v) is 1.65. The van der Waals surface area contributed by atoms with Gasteiger partial charge < -0.3 is 5.32 Å². The van der Waals surface area contributed by atoms with Crippen molar-refractivity contribution in [2.24, 2.45) is 0 Å². The molecule has 1 N–H and O–H groups in total. The molecule has 0 saturated heterocycles. The molecule has 1 aromatic rings. The Morgan fingerprint density at radius 2 is 2.11 bits per heavy atom. The van der Waals surface area contributed by atoms with Crippen LogP contribution in [0.25, 0.3) is 0 Å². The molecule has 0 heterocycles. The lowest BCUT2D eigenvalue weighted by molar-refractivity contribution is -0.128. The maximum atomic E-state index is 12.9. The Hall–Kier alpha value is -1.71. The molecule has 0 aliphatic carbocycles. The molecule has 0 spiro atoms. The number of hydrogen-bond acceptors (Lipinski definition) is 2. The van der Waals surface area contributed by atoms with Gasteiger partial charge in [-0.25, -0.2) is 4.39 Å². The maximum absolute atomic E-state index is 12.9. The molecular formula is C14H18FNO2. The Morgan fingerprint density at radius 1 is 1.33 bits per heavy atom. The van der Waals surface area contributed by atoms with Gasteiger partial charge in [0.05, 0.1) is 6.42 Å². The number of Topliss-reactive ketones (excluding diaryl/α,β-unsaturated/α-hetero) is 1. The molecular weight excluding hydrogens is 233 g/mol. The van der Waals surface area contributed by atoms with Gasteiger partial charge in [-0.1, -0.05) is 19.1 Å². The second-order valence-electron chi connectivity index (χ2n) is 4.20. The van der Waals surface area contributed by atoms with Crippen LogP contribution in [0.5, 0.6) is 0 Å². The fourth-order valence-electron chi connectivity index (χ4n) is 1.65. The maximum Gasteiger partial charge on any atom is 0.227 e. The Kier molecular flexibility index (Phi) is 6.05. The van der Waals surface area contributed by atoms with Crippen LogP contribution in [0.4, 0.5) is 4.39 Å². The molecule has 0 atom stereocenters. The summed E-state index contributed by atoms with van der Waals surface area (Å²) in [6.07, 6.45) is 1.70. The van der Waals surface area contributed by atoms with Crippen LogP contribution in [0, 0.1) is 5.82 Å². The monoisotopic (exact) mass is 251 g/mol. The van der Waals surface area contributed by atoms with Crippen molar-refractivity contribution in [1.29, 1.82) is 0 Å². The smallest absolute Gasteiger partial charge is 0.227 e. The van der Waals surface area contributed by atoms with Gasteiger partial charge >= 0.3 is 0 Å². The Bertz CT molecular complexity index is 418. The molecule has 1 aromatic carbocycles. The minimum atomic E-state index is -0.281. The third-order valence-corrected chi connectivity index (χ3v) is 2.51. The molecule has 0 aliphatic rings. The lowest BCUT2D eigenvalue weighted by atomic mass is 10.1. The molecule has 0 bridgehead atoms. The van der Waals surface area contributed by atoms with Crippen LogP contribution in [0.15, 0.2) is 24.3 Å². The molecule has 4 heteroatoms. The van der Waals surface area contributed by atoms with Crippen molar-refractivity contribution in [2.75, 3.05) is 6.54 Å². The molecule has 0 saturated carbocycles. The summed E-state index contributed by atoms with van der Waals surface area (Å²) in [5, 5.41) is 2.66. The summed E-state index contributed by atoms with van der Waals surface area (Å²) in [6, 6.07) is 6.26. The molecule has 98 valence electrons. The molecule has 0 aliphatic heterocycles. The van der Waals surface area contributed by atoms with E-state index in [4.69, 9.17) is 0 Å². The summed E-state index contributed by atoms with van der Waals surface area (Å²) >= 11 is 0. The van der Waals surface area contributed by atoms with Crippen molar-refractivity contribution in [3.8, 4) is 0 Å². The first-order valence-corrected chi connectivity index (χ1v) is 6.14. The summed E-state index contributed by atoms with van der Waals surface area (Å²) < 4.78 is 12.9.